The Bertz CT molecular complexity index is 594. The molecular formula is C12H19N3O4S. The molecule has 1 fully saturated rings. The molecule has 0 aliphatic carbocycles. The maximum absolute atomic E-state index is 12.0. The van der Waals surface area contributed by atoms with Crippen LogP contribution in [-0.4, -0.2) is 55.9 Å². The van der Waals surface area contributed by atoms with E-state index in [1.165, 1.54) is 6.20 Å². The van der Waals surface area contributed by atoms with Crippen LogP contribution in [0.4, 0.5) is 0 Å². The molecule has 0 bridgehead atoms. The minimum Gasteiger partial charge on any atom is -0.383 e. The van der Waals surface area contributed by atoms with Crippen LogP contribution in [0.15, 0.2) is 6.20 Å². The van der Waals surface area contributed by atoms with E-state index in [1.807, 2.05) is 0 Å². The first-order valence-corrected chi connectivity index (χ1v) is 8.28. The van der Waals surface area contributed by atoms with Crippen LogP contribution >= 0.6 is 0 Å². The van der Waals surface area contributed by atoms with Crippen LogP contribution in [0, 0.1) is 6.92 Å². The van der Waals surface area contributed by atoms with E-state index < -0.39 is 9.84 Å². The normalized spacial score (nSPS) is 21.0. The average Bonchev–Trinajstić information content (AvgIpc) is 2.92. The molecule has 0 aromatic carbocycles. The van der Waals surface area contributed by atoms with Gasteiger partial charge in [0.2, 0.25) is 0 Å². The third kappa shape index (κ3) is 3.18. The predicted molar refractivity (Wildman–Crippen MR) is 73.5 cm³/mol. The first-order valence-electron chi connectivity index (χ1n) is 6.46. The summed E-state index contributed by atoms with van der Waals surface area (Å²) in [6.45, 7) is 2.65. The summed E-state index contributed by atoms with van der Waals surface area (Å²) in [5.41, 5.74) is 1.17. The van der Waals surface area contributed by atoms with Gasteiger partial charge in [-0.05, 0) is 13.3 Å². The molecule has 0 unspecified atom stereocenters. The van der Waals surface area contributed by atoms with E-state index in [4.69, 9.17) is 4.74 Å². The number of amides is 1. The van der Waals surface area contributed by atoms with Gasteiger partial charge in [-0.15, -0.1) is 0 Å². The number of carbonyl (C=O) groups excluding carboxylic acids is 1. The molecule has 1 aliphatic heterocycles. The lowest BCUT2D eigenvalue weighted by Crippen LogP contribution is -2.27. The SMILES string of the molecule is COCCNC(=O)c1cnn([C@@H]2CCS(=O)(=O)C2)c1C. The Balaban J connectivity index is 2.09. The maximum Gasteiger partial charge on any atom is 0.254 e. The van der Waals surface area contributed by atoms with E-state index in [2.05, 4.69) is 10.4 Å². The highest BCUT2D eigenvalue weighted by atomic mass is 32.2. The Hall–Kier alpha value is -1.41. The lowest BCUT2D eigenvalue weighted by Gasteiger charge is -2.11. The van der Waals surface area contributed by atoms with Crippen molar-refractivity contribution < 1.29 is 17.9 Å². The molecule has 1 N–H and O–H groups in total. The van der Waals surface area contributed by atoms with E-state index in [-0.39, 0.29) is 23.5 Å². The van der Waals surface area contributed by atoms with Crippen LogP contribution in [0.25, 0.3) is 0 Å². The standard InChI is InChI=1S/C12H19N3O4S/c1-9-11(12(16)13-4-5-19-2)7-14-15(9)10-3-6-20(17,18)8-10/h7,10H,3-6,8H2,1-2H3,(H,13,16)/t10-/m1/s1. The molecule has 2 rings (SSSR count). The summed E-state index contributed by atoms with van der Waals surface area (Å²) in [5, 5.41) is 6.90. The van der Waals surface area contributed by atoms with Crippen molar-refractivity contribution in [2.24, 2.45) is 0 Å². The molecule has 0 saturated carbocycles. The molecule has 0 spiro atoms. The van der Waals surface area contributed by atoms with Crippen molar-refractivity contribution in [2.45, 2.75) is 19.4 Å². The van der Waals surface area contributed by atoms with Gasteiger partial charge in [-0.3, -0.25) is 9.48 Å². The van der Waals surface area contributed by atoms with Crippen molar-refractivity contribution in [3.63, 3.8) is 0 Å². The zero-order valence-electron chi connectivity index (χ0n) is 11.6. The minimum absolute atomic E-state index is 0.0975. The van der Waals surface area contributed by atoms with Crippen LogP contribution in [0.1, 0.15) is 28.5 Å². The second-order valence-electron chi connectivity index (χ2n) is 4.89. The molecule has 1 aromatic rings. The van der Waals surface area contributed by atoms with Gasteiger partial charge in [0.15, 0.2) is 9.84 Å². The van der Waals surface area contributed by atoms with Gasteiger partial charge in [-0.25, -0.2) is 8.42 Å². The highest BCUT2D eigenvalue weighted by Gasteiger charge is 2.31. The third-order valence-corrected chi connectivity index (χ3v) is 5.19. The molecule has 8 heteroatoms. The van der Waals surface area contributed by atoms with Crippen LogP contribution in [0.2, 0.25) is 0 Å². The largest absolute Gasteiger partial charge is 0.383 e. The molecular weight excluding hydrogens is 282 g/mol. The van der Waals surface area contributed by atoms with Gasteiger partial charge in [-0.2, -0.15) is 5.10 Å². The number of ether oxygens (including phenoxy) is 1. The summed E-state index contributed by atoms with van der Waals surface area (Å²) in [7, 11) is -1.40. The van der Waals surface area contributed by atoms with E-state index in [0.717, 1.165) is 0 Å². The maximum atomic E-state index is 12.0. The van der Waals surface area contributed by atoms with Crippen molar-refractivity contribution in [1.29, 1.82) is 0 Å². The van der Waals surface area contributed by atoms with Crippen molar-refractivity contribution in [1.82, 2.24) is 15.1 Å². The smallest absolute Gasteiger partial charge is 0.254 e. The van der Waals surface area contributed by atoms with Crippen molar-refractivity contribution in [3.05, 3.63) is 17.5 Å². The molecule has 20 heavy (non-hydrogen) atoms. The molecule has 1 saturated heterocycles. The average molecular weight is 301 g/mol. The Kier molecular flexibility index (Phi) is 4.44. The lowest BCUT2D eigenvalue weighted by molar-refractivity contribution is 0.0936. The number of carbonyl (C=O) groups is 1. The van der Waals surface area contributed by atoms with E-state index in [9.17, 15) is 13.2 Å². The van der Waals surface area contributed by atoms with Gasteiger partial charge in [-0.1, -0.05) is 0 Å². The number of aromatic nitrogens is 2. The van der Waals surface area contributed by atoms with Gasteiger partial charge in [0.1, 0.15) is 0 Å². The molecule has 1 atom stereocenters. The Morgan fingerprint density at radius 2 is 2.35 bits per heavy atom. The quantitative estimate of drug-likeness (QED) is 0.769. The van der Waals surface area contributed by atoms with Crippen LogP contribution in [0.3, 0.4) is 0 Å². The number of rotatable bonds is 5. The first-order chi connectivity index (χ1) is 9.44. The fourth-order valence-electron chi connectivity index (χ4n) is 2.34. The van der Waals surface area contributed by atoms with E-state index >= 15 is 0 Å². The van der Waals surface area contributed by atoms with Crippen molar-refractivity contribution >= 4 is 15.7 Å². The predicted octanol–water partition coefficient (Wildman–Crippen LogP) is -0.0727. The highest BCUT2D eigenvalue weighted by molar-refractivity contribution is 7.91. The third-order valence-electron chi connectivity index (χ3n) is 3.44. The van der Waals surface area contributed by atoms with Crippen molar-refractivity contribution in [3.8, 4) is 0 Å². The highest BCUT2D eigenvalue weighted by Crippen LogP contribution is 2.25. The lowest BCUT2D eigenvalue weighted by atomic mass is 10.2. The van der Waals surface area contributed by atoms with E-state index in [0.29, 0.717) is 30.8 Å². The van der Waals surface area contributed by atoms with Gasteiger partial charge in [0.05, 0.1) is 35.9 Å². The fourth-order valence-corrected chi connectivity index (χ4v) is 4.04. The molecule has 1 aliphatic rings. The monoisotopic (exact) mass is 301 g/mol. The van der Waals surface area contributed by atoms with E-state index in [1.54, 1.807) is 18.7 Å². The summed E-state index contributed by atoms with van der Waals surface area (Å²) in [6.07, 6.45) is 2.04. The molecule has 1 amide bonds. The molecule has 7 nitrogen and oxygen atoms in total. The van der Waals surface area contributed by atoms with Gasteiger partial charge >= 0.3 is 0 Å². The van der Waals surface area contributed by atoms with Gasteiger partial charge in [0.25, 0.3) is 5.91 Å². The second-order valence-corrected chi connectivity index (χ2v) is 7.12. The molecule has 112 valence electrons. The number of hydrogen-bond donors (Lipinski definition) is 1. The van der Waals surface area contributed by atoms with Crippen molar-refractivity contribution in [2.75, 3.05) is 31.8 Å². The topological polar surface area (TPSA) is 90.3 Å². The number of nitrogens with zero attached hydrogens (tertiary/aromatic N) is 2. The Labute approximate surface area is 118 Å². The van der Waals surface area contributed by atoms with Gasteiger partial charge in [0, 0.05) is 19.3 Å². The van der Waals surface area contributed by atoms with Crippen LogP contribution in [-0.2, 0) is 14.6 Å². The number of methoxy groups -OCH3 is 1. The summed E-state index contributed by atoms with van der Waals surface area (Å²) in [5.74, 6) is 0.0683. The van der Waals surface area contributed by atoms with Gasteiger partial charge < -0.3 is 10.1 Å². The second kappa shape index (κ2) is 5.92. The first kappa shape index (κ1) is 15.0. The van der Waals surface area contributed by atoms with Crippen LogP contribution < -0.4 is 5.32 Å². The Morgan fingerprint density at radius 1 is 1.60 bits per heavy atom. The summed E-state index contributed by atoms with van der Waals surface area (Å²) in [4.78, 5) is 12.0. The Morgan fingerprint density at radius 3 is 2.95 bits per heavy atom. The summed E-state index contributed by atoms with van der Waals surface area (Å²) in [6, 6.07) is -0.166. The number of hydrogen-bond acceptors (Lipinski definition) is 5. The molecule has 1 aromatic heterocycles. The zero-order chi connectivity index (χ0) is 14.8. The summed E-state index contributed by atoms with van der Waals surface area (Å²) < 4.78 is 29.5. The van der Waals surface area contributed by atoms with Crippen LogP contribution in [0.5, 0.6) is 0 Å². The number of sulfone groups is 1. The molecule has 0 radical (unpaired) electrons. The minimum atomic E-state index is -2.97. The summed E-state index contributed by atoms with van der Waals surface area (Å²) >= 11 is 0. The molecule has 2 heterocycles. The fraction of sp³-hybridized carbons (Fsp3) is 0.667. The number of nitrogens with one attached hydrogen (secondary N) is 1. The zero-order valence-corrected chi connectivity index (χ0v) is 12.4.